The molecule has 2 rings (SSSR count). The zero-order chi connectivity index (χ0) is 8.39. The lowest BCUT2D eigenvalue weighted by molar-refractivity contribution is 0.341. The predicted octanol–water partition coefficient (Wildman–Crippen LogP) is 2.26. The maximum absolute atomic E-state index is 5.24. The first kappa shape index (κ1) is 7.81. The van der Waals surface area contributed by atoms with Gasteiger partial charge in [0.1, 0.15) is 0 Å². The van der Waals surface area contributed by atoms with Crippen molar-refractivity contribution in [2.24, 2.45) is 5.92 Å². The minimum atomic E-state index is 0.533. The van der Waals surface area contributed by atoms with Crippen LogP contribution in [0.1, 0.15) is 12.5 Å². The highest BCUT2D eigenvalue weighted by molar-refractivity contribution is 5.15. The molecule has 1 heterocycles. The fraction of sp³-hybridized carbons (Fsp3) is 0.455. The first-order valence-corrected chi connectivity index (χ1v) is 4.52. The zero-order valence-electron chi connectivity index (χ0n) is 7.36. The molecule has 0 amide bonds. The molecule has 0 aromatic heterocycles. The second-order valence-electron chi connectivity index (χ2n) is 3.54. The summed E-state index contributed by atoms with van der Waals surface area (Å²) in [5, 5.41) is 0. The molecule has 12 heavy (non-hydrogen) atoms. The lowest BCUT2D eigenvalue weighted by Gasteiger charge is -2.06. The van der Waals surface area contributed by atoms with Crippen LogP contribution in [-0.4, -0.2) is 12.7 Å². The van der Waals surface area contributed by atoms with E-state index in [1.807, 2.05) is 0 Å². The van der Waals surface area contributed by atoms with E-state index in [1.165, 1.54) is 5.56 Å². The molecule has 1 nitrogen and oxygen atoms in total. The highest BCUT2D eigenvalue weighted by atomic mass is 16.6. The molecule has 0 spiro atoms. The van der Waals surface area contributed by atoms with E-state index in [0.29, 0.717) is 12.0 Å². The Labute approximate surface area is 73.4 Å². The van der Waals surface area contributed by atoms with Crippen molar-refractivity contribution in [1.82, 2.24) is 0 Å². The smallest absolute Gasteiger partial charge is 0.0838 e. The van der Waals surface area contributed by atoms with Gasteiger partial charge < -0.3 is 4.74 Å². The van der Waals surface area contributed by atoms with Crippen molar-refractivity contribution in [2.75, 3.05) is 6.61 Å². The van der Waals surface area contributed by atoms with Gasteiger partial charge in [-0.1, -0.05) is 37.3 Å². The topological polar surface area (TPSA) is 12.5 Å². The van der Waals surface area contributed by atoms with Crippen molar-refractivity contribution in [3.8, 4) is 0 Å². The molecular weight excluding hydrogens is 148 g/mol. The van der Waals surface area contributed by atoms with Crippen LogP contribution >= 0.6 is 0 Å². The summed E-state index contributed by atoms with van der Waals surface area (Å²) >= 11 is 0. The van der Waals surface area contributed by atoms with Crippen LogP contribution in [0, 0.1) is 5.92 Å². The molecule has 0 radical (unpaired) electrons. The van der Waals surface area contributed by atoms with Crippen LogP contribution in [-0.2, 0) is 11.2 Å². The monoisotopic (exact) mass is 162 g/mol. The zero-order valence-corrected chi connectivity index (χ0v) is 7.36. The minimum Gasteiger partial charge on any atom is -0.373 e. The Hall–Kier alpha value is -0.820. The van der Waals surface area contributed by atoms with E-state index in [4.69, 9.17) is 4.74 Å². The number of ether oxygens (including phenoxy) is 1. The maximum atomic E-state index is 5.24. The van der Waals surface area contributed by atoms with Gasteiger partial charge in [-0.15, -0.1) is 0 Å². The molecule has 64 valence electrons. The lowest BCUT2D eigenvalue weighted by atomic mass is 9.99. The first-order chi connectivity index (χ1) is 5.86. The largest absolute Gasteiger partial charge is 0.373 e. The van der Waals surface area contributed by atoms with Crippen molar-refractivity contribution in [1.29, 1.82) is 0 Å². The summed E-state index contributed by atoms with van der Waals surface area (Å²) < 4.78 is 5.24. The molecule has 1 heteroatoms. The van der Waals surface area contributed by atoms with Crippen molar-refractivity contribution in [2.45, 2.75) is 19.4 Å². The van der Waals surface area contributed by atoms with Gasteiger partial charge in [0.2, 0.25) is 0 Å². The van der Waals surface area contributed by atoms with Crippen molar-refractivity contribution in [3.63, 3.8) is 0 Å². The highest BCUT2D eigenvalue weighted by Gasteiger charge is 2.28. The molecule has 1 aromatic rings. The minimum absolute atomic E-state index is 0.533. The molecule has 0 aliphatic carbocycles. The van der Waals surface area contributed by atoms with Crippen LogP contribution in [0.2, 0.25) is 0 Å². The molecule has 1 aliphatic rings. The fourth-order valence-electron chi connectivity index (χ4n) is 1.50. The van der Waals surface area contributed by atoms with Crippen LogP contribution in [0.25, 0.3) is 0 Å². The van der Waals surface area contributed by atoms with Gasteiger partial charge >= 0.3 is 0 Å². The van der Waals surface area contributed by atoms with E-state index in [-0.39, 0.29) is 0 Å². The second kappa shape index (κ2) is 3.28. The number of rotatable bonds is 3. The third-order valence-corrected chi connectivity index (χ3v) is 2.39. The predicted molar refractivity (Wildman–Crippen MR) is 49.1 cm³/mol. The summed E-state index contributed by atoms with van der Waals surface area (Å²) in [5.41, 5.74) is 1.42. The number of benzene rings is 1. The van der Waals surface area contributed by atoms with E-state index in [1.54, 1.807) is 0 Å². The van der Waals surface area contributed by atoms with Crippen LogP contribution in [0.4, 0.5) is 0 Å². The first-order valence-electron chi connectivity index (χ1n) is 4.52. The van der Waals surface area contributed by atoms with Crippen LogP contribution in [0.5, 0.6) is 0 Å². The van der Waals surface area contributed by atoms with Gasteiger partial charge in [0, 0.05) is 0 Å². The number of hydrogen-bond acceptors (Lipinski definition) is 1. The Morgan fingerprint density at radius 3 is 2.67 bits per heavy atom. The average Bonchev–Trinajstić information content (AvgIpc) is 2.88. The molecule has 1 saturated heterocycles. The van der Waals surface area contributed by atoms with E-state index >= 15 is 0 Å². The van der Waals surface area contributed by atoms with Gasteiger partial charge in [0.15, 0.2) is 0 Å². The van der Waals surface area contributed by atoms with Gasteiger partial charge in [-0.05, 0) is 17.9 Å². The Kier molecular flexibility index (Phi) is 2.13. The Morgan fingerprint density at radius 2 is 2.08 bits per heavy atom. The second-order valence-corrected chi connectivity index (χ2v) is 3.54. The lowest BCUT2D eigenvalue weighted by Crippen LogP contribution is -2.06. The van der Waals surface area contributed by atoms with Crippen molar-refractivity contribution in [3.05, 3.63) is 35.9 Å². The summed E-state index contributed by atoms with van der Waals surface area (Å²) in [5.74, 6) is 0.674. The Bertz CT molecular complexity index is 238. The third-order valence-electron chi connectivity index (χ3n) is 2.39. The summed E-state index contributed by atoms with van der Waals surface area (Å²) in [7, 11) is 0. The van der Waals surface area contributed by atoms with Crippen LogP contribution in [0.3, 0.4) is 0 Å². The maximum Gasteiger partial charge on any atom is 0.0838 e. The van der Waals surface area contributed by atoms with E-state index in [9.17, 15) is 0 Å². The van der Waals surface area contributed by atoms with Crippen LogP contribution in [0.15, 0.2) is 30.3 Å². The number of epoxide rings is 1. The summed E-state index contributed by atoms with van der Waals surface area (Å²) in [6.07, 6.45) is 1.68. The number of hydrogen-bond donors (Lipinski definition) is 0. The van der Waals surface area contributed by atoms with Crippen LogP contribution < -0.4 is 0 Å². The van der Waals surface area contributed by atoms with E-state index in [2.05, 4.69) is 37.3 Å². The van der Waals surface area contributed by atoms with Gasteiger partial charge in [0.25, 0.3) is 0 Å². The summed E-state index contributed by atoms with van der Waals surface area (Å²) in [4.78, 5) is 0. The van der Waals surface area contributed by atoms with E-state index in [0.717, 1.165) is 13.0 Å². The summed E-state index contributed by atoms with van der Waals surface area (Å²) in [6, 6.07) is 10.6. The standard InChI is InChI=1S/C11H14O/c1-9(11-8-12-11)7-10-5-3-2-4-6-10/h2-6,9,11H,7-8H2,1H3/t9-,11-/m0/s1. The molecule has 0 N–H and O–H groups in total. The molecule has 1 fully saturated rings. The molecule has 0 unspecified atom stereocenters. The third kappa shape index (κ3) is 1.86. The molecule has 2 atom stereocenters. The molecule has 0 saturated carbocycles. The SMILES string of the molecule is C[C@@H](Cc1ccccc1)[C@@H]1CO1. The molecular formula is C11H14O. The van der Waals surface area contributed by atoms with E-state index < -0.39 is 0 Å². The summed E-state index contributed by atoms with van der Waals surface area (Å²) in [6.45, 7) is 3.22. The van der Waals surface area contributed by atoms with Gasteiger partial charge in [-0.2, -0.15) is 0 Å². The fourth-order valence-corrected chi connectivity index (χ4v) is 1.50. The molecule has 1 aromatic carbocycles. The Morgan fingerprint density at radius 1 is 1.42 bits per heavy atom. The average molecular weight is 162 g/mol. The van der Waals surface area contributed by atoms with Crippen molar-refractivity contribution < 1.29 is 4.74 Å². The van der Waals surface area contributed by atoms with Gasteiger partial charge in [-0.25, -0.2) is 0 Å². The normalized spacial score (nSPS) is 23.6. The quantitative estimate of drug-likeness (QED) is 0.621. The van der Waals surface area contributed by atoms with Gasteiger partial charge in [-0.3, -0.25) is 0 Å². The molecule has 0 bridgehead atoms. The Balaban J connectivity index is 1.94. The molecule has 1 aliphatic heterocycles. The van der Waals surface area contributed by atoms with Crippen molar-refractivity contribution >= 4 is 0 Å². The highest BCUT2D eigenvalue weighted by Crippen LogP contribution is 2.22. The van der Waals surface area contributed by atoms with Gasteiger partial charge in [0.05, 0.1) is 12.7 Å².